The molecule has 2 aromatic rings. The van der Waals surface area contributed by atoms with E-state index < -0.39 is 0 Å². The second-order valence-corrected chi connectivity index (χ2v) is 4.86. The van der Waals surface area contributed by atoms with Gasteiger partial charge in [-0.1, -0.05) is 19.9 Å². The molecular weight excluding hydrogens is 240 g/mol. The monoisotopic (exact) mass is 258 g/mol. The maximum Gasteiger partial charge on any atom is 0.271 e. The molecule has 0 atom stereocenters. The van der Waals surface area contributed by atoms with Gasteiger partial charge in [0, 0.05) is 24.8 Å². The van der Waals surface area contributed by atoms with Crippen LogP contribution in [0.3, 0.4) is 0 Å². The topological polar surface area (TPSA) is 73.8 Å². The van der Waals surface area contributed by atoms with Gasteiger partial charge in [-0.25, -0.2) is 4.68 Å². The number of nitrogens with zero attached hydrogens (tertiary/aromatic N) is 3. The maximum absolute atomic E-state index is 12.1. The highest BCUT2D eigenvalue weighted by Crippen LogP contribution is 2.13. The van der Waals surface area contributed by atoms with Gasteiger partial charge in [0.2, 0.25) is 0 Å². The Balaban J connectivity index is 2.54. The molecule has 0 spiro atoms. The summed E-state index contributed by atoms with van der Waals surface area (Å²) in [5.41, 5.74) is 7.51. The SMILES string of the molecule is CC(C)Cn1nc(-c2ccccn2)cc(CN)c1=O. The summed E-state index contributed by atoms with van der Waals surface area (Å²) in [6.45, 7) is 4.87. The molecular formula is C14H18N4O. The molecule has 19 heavy (non-hydrogen) atoms. The van der Waals surface area contributed by atoms with Crippen LogP contribution in [0, 0.1) is 5.92 Å². The van der Waals surface area contributed by atoms with Crippen molar-refractivity contribution in [1.82, 2.24) is 14.8 Å². The normalized spacial score (nSPS) is 10.9. The first-order valence-corrected chi connectivity index (χ1v) is 6.34. The summed E-state index contributed by atoms with van der Waals surface area (Å²) in [7, 11) is 0. The van der Waals surface area contributed by atoms with Crippen LogP contribution >= 0.6 is 0 Å². The summed E-state index contributed by atoms with van der Waals surface area (Å²) < 4.78 is 1.48. The smallest absolute Gasteiger partial charge is 0.271 e. The van der Waals surface area contributed by atoms with Crippen LogP contribution < -0.4 is 11.3 Å². The van der Waals surface area contributed by atoms with Crippen molar-refractivity contribution in [3.05, 3.63) is 46.4 Å². The molecule has 0 amide bonds. The zero-order valence-electron chi connectivity index (χ0n) is 11.2. The first kappa shape index (κ1) is 13.4. The Hall–Kier alpha value is -2.01. The minimum atomic E-state index is -0.115. The molecule has 0 aliphatic carbocycles. The van der Waals surface area contributed by atoms with Crippen molar-refractivity contribution < 1.29 is 0 Å². The van der Waals surface area contributed by atoms with Crippen molar-refractivity contribution in [2.75, 3.05) is 0 Å². The van der Waals surface area contributed by atoms with E-state index in [0.717, 1.165) is 5.69 Å². The summed E-state index contributed by atoms with van der Waals surface area (Å²) in [4.78, 5) is 16.4. The highest BCUT2D eigenvalue weighted by atomic mass is 16.1. The Bertz CT molecular complexity index is 605. The second kappa shape index (κ2) is 5.75. The van der Waals surface area contributed by atoms with E-state index in [-0.39, 0.29) is 12.1 Å². The van der Waals surface area contributed by atoms with E-state index in [0.29, 0.717) is 23.7 Å². The van der Waals surface area contributed by atoms with Crippen LogP contribution in [-0.4, -0.2) is 14.8 Å². The molecule has 0 saturated carbocycles. The van der Waals surface area contributed by atoms with Crippen molar-refractivity contribution in [2.24, 2.45) is 11.7 Å². The Labute approximate surface area is 112 Å². The van der Waals surface area contributed by atoms with Gasteiger partial charge in [0.1, 0.15) is 5.69 Å². The number of hydrogen-bond donors (Lipinski definition) is 1. The fraction of sp³-hybridized carbons (Fsp3) is 0.357. The minimum absolute atomic E-state index is 0.115. The molecule has 2 rings (SSSR count). The van der Waals surface area contributed by atoms with Crippen LogP contribution in [0.4, 0.5) is 0 Å². The van der Waals surface area contributed by atoms with Crippen LogP contribution in [0.15, 0.2) is 35.3 Å². The van der Waals surface area contributed by atoms with Gasteiger partial charge in [-0.15, -0.1) is 0 Å². The molecule has 2 heterocycles. The van der Waals surface area contributed by atoms with Crippen LogP contribution in [0.2, 0.25) is 0 Å². The van der Waals surface area contributed by atoms with E-state index in [2.05, 4.69) is 10.1 Å². The van der Waals surface area contributed by atoms with E-state index >= 15 is 0 Å². The number of pyridine rings is 1. The van der Waals surface area contributed by atoms with Crippen molar-refractivity contribution in [1.29, 1.82) is 0 Å². The summed E-state index contributed by atoms with van der Waals surface area (Å²) >= 11 is 0. The van der Waals surface area contributed by atoms with Gasteiger partial charge < -0.3 is 5.73 Å². The third kappa shape index (κ3) is 3.06. The summed E-state index contributed by atoms with van der Waals surface area (Å²) in [6.07, 6.45) is 1.71. The van der Waals surface area contributed by atoms with Crippen LogP contribution in [-0.2, 0) is 13.1 Å². The van der Waals surface area contributed by atoms with E-state index in [1.54, 1.807) is 12.3 Å². The van der Waals surface area contributed by atoms with Gasteiger partial charge in [-0.2, -0.15) is 5.10 Å². The number of rotatable bonds is 4. The zero-order chi connectivity index (χ0) is 13.8. The van der Waals surface area contributed by atoms with Crippen LogP contribution in [0.25, 0.3) is 11.4 Å². The fourth-order valence-corrected chi connectivity index (χ4v) is 1.85. The average molecular weight is 258 g/mol. The molecule has 0 unspecified atom stereocenters. The molecule has 2 N–H and O–H groups in total. The number of hydrogen-bond acceptors (Lipinski definition) is 4. The molecule has 5 heteroatoms. The van der Waals surface area contributed by atoms with Gasteiger partial charge in [-0.3, -0.25) is 9.78 Å². The lowest BCUT2D eigenvalue weighted by Crippen LogP contribution is -2.29. The Morgan fingerprint density at radius 2 is 2.11 bits per heavy atom. The zero-order valence-corrected chi connectivity index (χ0v) is 11.2. The standard InChI is InChI=1S/C14H18N4O/c1-10(2)9-18-14(19)11(8-15)7-13(17-18)12-5-3-4-6-16-12/h3-7,10H,8-9,15H2,1-2H3. The van der Waals surface area contributed by atoms with Gasteiger partial charge in [0.25, 0.3) is 5.56 Å². The van der Waals surface area contributed by atoms with Crippen molar-refractivity contribution >= 4 is 0 Å². The van der Waals surface area contributed by atoms with Crippen LogP contribution in [0.1, 0.15) is 19.4 Å². The predicted molar refractivity (Wildman–Crippen MR) is 74.5 cm³/mol. The Morgan fingerprint density at radius 1 is 1.32 bits per heavy atom. The molecule has 5 nitrogen and oxygen atoms in total. The average Bonchev–Trinajstić information content (AvgIpc) is 2.41. The van der Waals surface area contributed by atoms with Crippen molar-refractivity contribution in [2.45, 2.75) is 26.9 Å². The molecule has 100 valence electrons. The highest BCUT2D eigenvalue weighted by molar-refractivity contribution is 5.53. The van der Waals surface area contributed by atoms with E-state index in [4.69, 9.17) is 5.73 Å². The minimum Gasteiger partial charge on any atom is -0.326 e. The van der Waals surface area contributed by atoms with Gasteiger partial charge in [0.15, 0.2) is 0 Å². The van der Waals surface area contributed by atoms with Crippen molar-refractivity contribution in [3.63, 3.8) is 0 Å². The lowest BCUT2D eigenvalue weighted by Gasteiger charge is -2.11. The molecule has 0 saturated heterocycles. The summed E-state index contributed by atoms with van der Waals surface area (Å²) in [6, 6.07) is 7.33. The Morgan fingerprint density at radius 3 is 2.68 bits per heavy atom. The first-order valence-electron chi connectivity index (χ1n) is 6.34. The molecule has 0 aromatic carbocycles. The van der Waals surface area contributed by atoms with E-state index in [1.807, 2.05) is 32.0 Å². The third-order valence-corrected chi connectivity index (χ3v) is 2.73. The van der Waals surface area contributed by atoms with Crippen LogP contribution in [0.5, 0.6) is 0 Å². The van der Waals surface area contributed by atoms with E-state index in [1.165, 1.54) is 4.68 Å². The summed E-state index contributed by atoms with van der Waals surface area (Å²) in [5, 5.41) is 4.38. The molecule has 0 radical (unpaired) electrons. The molecule has 0 aliphatic heterocycles. The maximum atomic E-state index is 12.1. The lowest BCUT2D eigenvalue weighted by molar-refractivity contribution is 0.462. The lowest BCUT2D eigenvalue weighted by atomic mass is 10.2. The molecule has 2 aromatic heterocycles. The highest BCUT2D eigenvalue weighted by Gasteiger charge is 2.10. The summed E-state index contributed by atoms with van der Waals surface area (Å²) in [5.74, 6) is 0.342. The molecule has 0 fully saturated rings. The first-order chi connectivity index (χ1) is 9.11. The fourth-order valence-electron chi connectivity index (χ4n) is 1.85. The van der Waals surface area contributed by atoms with Gasteiger partial charge in [0.05, 0.1) is 5.69 Å². The quantitative estimate of drug-likeness (QED) is 0.900. The Kier molecular flexibility index (Phi) is 4.06. The second-order valence-electron chi connectivity index (χ2n) is 4.86. The van der Waals surface area contributed by atoms with E-state index in [9.17, 15) is 4.79 Å². The molecule has 0 aliphatic rings. The molecule has 0 bridgehead atoms. The predicted octanol–water partition coefficient (Wildman–Crippen LogP) is 1.42. The third-order valence-electron chi connectivity index (χ3n) is 2.73. The van der Waals surface area contributed by atoms with Gasteiger partial charge in [-0.05, 0) is 24.1 Å². The van der Waals surface area contributed by atoms with Crippen molar-refractivity contribution in [3.8, 4) is 11.4 Å². The van der Waals surface area contributed by atoms with Gasteiger partial charge >= 0.3 is 0 Å². The largest absolute Gasteiger partial charge is 0.326 e. The number of aromatic nitrogens is 3. The number of nitrogens with two attached hydrogens (primary N) is 1.